The van der Waals surface area contributed by atoms with Gasteiger partial charge in [-0.25, -0.2) is 8.42 Å². The lowest BCUT2D eigenvalue weighted by Crippen LogP contribution is -2.41. The van der Waals surface area contributed by atoms with E-state index in [1.807, 2.05) is 30.3 Å². The van der Waals surface area contributed by atoms with Crippen LogP contribution in [0.1, 0.15) is 12.0 Å². The number of rotatable bonds is 5. The van der Waals surface area contributed by atoms with E-state index in [1.54, 1.807) is 31.4 Å². The van der Waals surface area contributed by atoms with Gasteiger partial charge in [0.1, 0.15) is 5.75 Å². The molecule has 2 aliphatic rings. The van der Waals surface area contributed by atoms with Crippen LogP contribution in [0.2, 0.25) is 0 Å². The van der Waals surface area contributed by atoms with E-state index in [0.717, 1.165) is 5.56 Å². The second kappa shape index (κ2) is 6.10. The zero-order valence-electron chi connectivity index (χ0n) is 14.4. The Kier molecular flexibility index (Phi) is 4.00. The number of fused-ring (bicyclic) bond motifs is 1. The van der Waals surface area contributed by atoms with E-state index in [0.29, 0.717) is 30.9 Å². The fourth-order valence-corrected chi connectivity index (χ4v) is 6.00. The number of carbonyl (C=O) groups excluding carboxylic acids is 1. The van der Waals surface area contributed by atoms with Crippen LogP contribution in [-0.4, -0.2) is 37.0 Å². The molecule has 2 fully saturated rings. The molecule has 136 valence electrons. The molecule has 0 unspecified atom stereocenters. The van der Waals surface area contributed by atoms with Crippen molar-refractivity contribution in [2.75, 3.05) is 19.0 Å². The van der Waals surface area contributed by atoms with Crippen molar-refractivity contribution in [3.63, 3.8) is 0 Å². The summed E-state index contributed by atoms with van der Waals surface area (Å²) in [5.74, 6) is 0.0886. The molecular formula is C19H20N2O4S. The van der Waals surface area contributed by atoms with E-state index in [9.17, 15) is 13.2 Å². The van der Waals surface area contributed by atoms with E-state index in [-0.39, 0.29) is 5.92 Å². The first-order valence-corrected chi connectivity index (χ1v) is 9.90. The van der Waals surface area contributed by atoms with Crippen LogP contribution in [-0.2, 0) is 21.4 Å². The summed E-state index contributed by atoms with van der Waals surface area (Å²) >= 11 is 0. The largest absolute Gasteiger partial charge is 0.497 e. The molecule has 1 aliphatic carbocycles. The molecular weight excluding hydrogens is 352 g/mol. The van der Waals surface area contributed by atoms with Crippen LogP contribution in [0.3, 0.4) is 0 Å². The Morgan fingerprint density at radius 3 is 2.54 bits per heavy atom. The molecule has 1 saturated carbocycles. The van der Waals surface area contributed by atoms with Gasteiger partial charge < -0.3 is 10.1 Å². The maximum absolute atomic E-state index is 13.0. The summed E-state index contributed by atoms with van der Waals surface area (Å²) in [7, 11) is -2.12. The lowest BCUT2D eigenvalue weighted by atomic mass is 10.2. The van der Waals surface area contributed by atoms with E-state index in [1.165, 1.54) is 4.31 Å². The van der Waals surface area contributed by atoms with Crippen molar-refractivity contribution >= 4 is 21.6 Å². The molecule has 0 radical (unpaired) electrons. The Hall–Kier alpha value is -2.38. The average Bonchev–Trinajstić information content (AvgIpc) is 3.34. The van der Waals surface area contributed by atoms with Crippen molar-refractivity contribution in [1.29, 1.82) is 0 Å². The molecule has 26 heavy (non-hydrogen) atoms. The van der Waals surface area contributed by atoms with Crippen LogP contribution >= 0.6 is 0 Å². The van der Waals surface area contributed by atoms with Crippen molar-refractivity contribution in [1.82, 2.24) is 4.31 Å². The van der Waals surface area contributed by atoms with Gasteiger partial charge in [0.25, 0.3) is 0 Å². The SMILES string of the molecule is COc1ccc(NC(=O)[C@@]23C[C@H]2CN(Cc2ccccc2)S3(=O)=O)cc1. The molecule has 6 nitrogen and oxygen atoms in total. The van der Waals surface area contributed by atoms with Crippen LogP contribution in [0.5, 0.6) is 5.75 Å². The summed E-state index contributed by atoms with van der Waals surface area (Å²) in [5, 5.41) is 2.76. The summed E-state index contributed by atoms with van der Waals surface area (Å²) in [6, 6.07) is 16.3. The van der Waals surface area contributed by atoms with Gasteiger partial charge >= 0.3 is 0 Å². The lowest BCUT2D eigenvalue weighted by Gasteiger charge is -2.21. The van der Waals surface area contributed by atoms with Gasteiger partial charge in [0.2, 0.25) is 15.9 Å². The second-order valence-corrected chi connectivity index (χ2v) is 8.95. The Labute approximate surface area is 152 Å². The summed E-state index contributed by atoms with van der Waals surface area (Å²) in [6.07, 6.45) is 0.391. The molecule has 1 N–H and O–H groups in total. The highest BCUT2D eigenvalue weighted by Gasteiger charge is 2.75. The maximum atomic E-state index is 13.0. The average molecular weight is 372 g/mol. The van der Waals surface area contributed by atoms with Crippen LogP contribution in [0.25, 0.3) is 0 Å². The molecule has 2 aromatic carbocycles. The van der Waals surface area contributed by atoms with Gasteiger partial charge in [-0.15, -0.1) is 0 Å². The van der Waals surface area contributed by atoms with E-state index < -0.39 is 20.7 Å². The van der Waals surface area contributed by atoms with Gasteiger partial charge in [-0.3, -0.25) is 4.79 Å². The zero-order valence-corrected chi connectivity index (χ0v) is 15.2. The van der Waals surface area contributed by atoms with E-state index in [2.05, 4.69) is 5.32 Å². The molecule has 1 aliphatic heterocycles. The Balaban J connectivity index is 1.52. The third kappa shape index (κ3) is 2.59. The van der Waals surface area contributed by atoms with E-state index in [4.69, 9.17) is 4.74 Å². The number of hydrogen-bond acceptors (Lipinski definition) is 4. The van der Waals surface area contributed by atoms with Gasteiger partial charge in [0.05, 0.1) is 7.11 Å². The molecule has 0 aromatic heterocycles. The minimum atomic E-state index is -3.69. The Bertz CT molecular complexity index is 928. The van der Waals surface area contributed by atoms with Crippen molar-refractivity contribution in [2.45, 2.75) is 17.7 Å². The number of benzene rings is 2. The van der Waals surface area contributed by atoms with Crippen molar-refractivity contribution < 1.29 is 17.9 Å². The van der Waals surface area contributed by atoms with Crippen LogP contribution in [0.15, 0.2) is 54.6 Å². The summed E-state index contributed by atoms with van der Waals surface area (Å²) in [5.41, 5.74) is 1.48. The van der Waals surface area contributed by atoms with Crippen molar-refractivity contribution in [2.24, 2.45) is 5.92 Å². The first kappa shape index (κ1) is 17.1. The number of hydrogen-bond donors (Lipinski definition) is 1. The minimum Gasteiger partial charge on any atom is -0.497 e. The van der Waals surface area contributed by atoms with Gasteiger partial charge in [-0.05, 0) is 36.2 Å². The van der Waals surface area contributed by atoms with E-state index >= 15 is 0 Å². The highest BCUT2D eigenvalue weighted by atomic mass is 32.2. The van der Waals surface area contributed by atoms with Gasteiger partial charge in [-0.2, -0.15) is 4.31 Å². The van der Waals surface area contributed by atoms with Crippen molar-refractivity contribution in [3.8, 4) is 5.75 Å². The quantitative estimate of drug-likeness (QED) is 0.873. The molecule has 1 heterocycles. The number of amides is 1. The molecule has 1 amide bonds. The predicted molar refractivity (Wildman–Crippen MR) is 98.2 cm³/mol. The molecule has 1 saturated heterocycles. The minimum absolute atomic E-state index is 0.144. The Morgan fingerprint density at radius 2 is 1.88 bits per heavy atom. The summed E-state index contributed by atoms with van der Waals surface area (Å²) in [4.78, 5) is 12.8. The number of anilines is 1. The van der Waals surface area contributed by atoms with Crippen LogP contribution < -0.4 is 10.1 Å². The first-order chi connectivity index (χ1) is 12.5. The van der Waals surface area contributed by atoms with Gasteiger partial charge in [0, 0.05) is 24.7 Å². The number of methoxy groups -OCH3 is 1. The molecule has 0 bridgehead atoms. The maximum Gasteiger partial charge on any atom is 0.247 e. The molecule has 2 atom stereocenters. The highest BCUT2D eigenvalue weighted by molar-refractivity contribution is 7.92. The topological polar surface area (TPSA) is 75.7 Å². The number of carbonyl (C=O) groups is 1. The number of nitrogens with one attached hydrogen (secondary N) is 1. The number of sulfonamides is 1. The smallest absolute Gasteiger partial charge is 0.247 e. The Morgan fingerprint density at radius 1 is 1.19 bits per heavy atom. The lowest BCUT2D eigenvalue weighted by molar-refractivity contribution is -0.116. The van der Waals surface area contributed by atoms with Crippen LogP contribution in [0.4, 0.5) is 5.69 Å². The molecule has 2 aromatic rings. The van der Waals surface area contributed by atoms with Gasteiger partial charge in [-0.1, -0.05) is 30.3 Å². The fraction of sp³-hybridized carbons (Fsp3) is 0.316. The summed E-state index contributed by atoms with van der Waals surface area (Å²) < 4.78 is 31.3. The standard InChI is InChI=1S/C19H20N2O4S/c1-25-17-9-7-16(8-10-17)20-18(22)19-11-15(19)13-21(26(19,23)24)12-14-5-3-2-4-6-14/h2-10,15H,11-13H2,1H3,(H,20,22)/t15-,19+/m0/s1. The molecule has 4 rings (SSSR count). The third-order valence-corrected chi connectivity index (χ3v) is 7.77. The number of ether oxygens (including phenoxy) is 1. The monoisotopic (exact) mass is 372 g/mol. The van der Waals surface area contributed by atoms with Crippen molar-refractivity contribution in [3.05, 3.63) is 60.2 Å². The number of nitrogens with zero attached hydrogens (tertiary/aromatic N) is 1. The highest BCUT2D eigenvalue weighted by Crippen LogP contribution is 2.58. The zero-order chi connectivity index (χ0) is 18.4. The normalized spacial score (nSPS) is 26.1. The van der Waals surface area contributed by atoms with Crippen LogP contribution in [0, 0.1) is 5.92 Å². The molecule has 0 spiro atoms. The first-order valence-electron chi connectivity index (χ1n) is 8.46. The fourth-order valence-electron chi connectivity index (χ4n) is 3.65. The summed E-state index contributed by atoms with van der Waals surface area (Å²) in [6.45, 7) is 0.699. The second-order valence-electron chi connectivity index (χ2n) is 6.76. The predicted octanol–water partition coefficient (Wildman–Crippen LogP) is 2.24. The third-order valence-electron chi connectivity index (χ3n) is 5.21. The van der Waals surface area contributed by atoms with Gasteiger partial charge in [0.15, 0.2) is 4.75 Å². The molecule has 7 heteroatoms.